The van der Waals surface area contributed by atoms with Crippen LogP contribution in [0.1, 0.15) is 19.3 Å². The van der Waals surface area contributed by atoms with E-state index in [1.54, 1.807) is 19.2 Å². The first-order valence-corrected chi connectivity index (χ1v) is 7.89. The number of rotatable bonds is 7. The number of nitrogens with one attached hydrogen (secondary N) is 1. The summed E-state index contributed by atoms with van der Waals surface area (Å²) in [5.74, 6) is 2.11. The van der Waals surface area contributed by atoms with Gasteiger partial charge in [-0.1, -0.05) is 0 Å². The normalized spacial score (nSPS) is 16.3. The molecule has 0 bridgehead atoms. The van der Waals surface area contributed by atoms with E-state index >= 15 is 0 Å². The number of piperidine rings is 1. The molecular formula is C17H26N2O3. The Morgan fingerprint density at radius 3 is 2.50 bits per heavy atom. The third-order valence-corrected chi connectivity index (χ3v) is 4.14. The molecule has 0 atom stereocenters. The minimum Gasteiger partial charge on any atom is -0.497 e. The molecule has 0 aromatic heterocycles. The molecule has 1 N–H and O–H groups in total. The summed E-state index contributed by atoms with van der Waals surface area (Å²) in [7, 11) is 3.78. The number of methoxy groups -OCH3 is 1. The van der Waals surface area contributed by atoms with E-state index < -0.39 is 0 Å². The van der Waals surface area contributed by atoms with E-state index in [9.17, 15) is 4.79 Å². The van der Waals surface area contributed by atoms with Gasteiger partial charge in [-0.3, -0.25) is 4.79 Å². The summed E-state index contributed by atoms with van der Waals surface area (Å²) in [5, 5.41) is 2.93. The lowest BCUT2D eigenvalue weighted by Gasteiger charge is -2.28. The topological polar surface area (TPSA) is 50.8 Å². The first-order chi connectivity index (χ1) is 10.7. The van der Waals surface area contributed by atoms with Crippen molar-refractivity contribution in [2.45, 2.75) is 19.3 Å². The van der Waals surface area contributed by atoms with Crippen molar-refractivity contribution in [3.63, 3.8) is 0 Å². The summed E-state index contributed by atoms with van der Waals surface area (Å²) >= 11 is 0. The zero-order valence-electron chi connectivity index (χ0n) is 13.5. The van der Waals surface area contributed by atoms with Crippen LogP contribution >= 0.6 is 0 Å². The molecule has 0 saturated carbocycles. The van der Waals surface area contributed by atoms with Crippen LogP contribution in [0.15, 0.2) is 24.3 Å². The Kier molecular flexibility index (Phi) is 6.52. The highest BCUT2D eigenvalue weighted by molar-refractivity contribution is 5.77. The van der Waals surface area contributed by atoms with Crippen molar-refractivity contribution in [1.82, 2.24) is 10.2 Å². The average molecular weight is 306 g/mol. The Morgan fingerprint density at radius 1 is 1.23 bits per heavy atom. The van der Waals surface area contributed by atoms with Crippen LogP contribution in [0.2, 0.25) is 0 Å². The Morgan fingerprint density at radius 2 is 1.86 bits per heavy atom. The standard InChI is InChI=1S/C17H26N2O3/c1-19-11-8-14(9-12-19)7-10-18-17(20)13-22-16-5-3-15(21-2)4-6-16/h3-6,14H,7-13H2,1-2H3,(H,18,20). The monoisotopic (exact) mass is 306 g/mol. The van der Waals surface area contributed by atoms with E-state index in [0.29, 0.717) is 5.75 Å². The molecule has 1 amide bonds. The number of hydrogen-bond acceptors (Lipinski definition) is 4. The maximum Gasteiger partial charge on any atom is 0.257 e. The smallest absolute Gasteiger partial charge is 0.257 e. The van der Waals surface area contributed by atoms with E-state index in [-0.39, 0.29) is 12.5 Å². The summed E-state index contributed by atoms with van der Waals surface area (Å²) in [6, 6.07) is 7.22. The Balaban J connectivity index is 1.59. The van der Waals surface area contributed by atoms with Gasteiger partial charge in [0.25, 0.3) is 5.91 Å². The van der Waals surface area contributed by atoms with Crippen molar-refractivity contribution in [3.05, 3.63) is 24.3 Å². The van der Waals surface area contributed by atoms with Crippen LogP contribution in [-0.2, 0) is 4.79 Å². The molecule has 5 heteroatoms. The van der Waals surface area contributed by atoms with Crippen molar-refractivity contribution < 1.29 is 14.3 Å². The zero-order chi connectivity index (χ0) is 15.8. The molecule has 1 aliphatic heterocycles. The summed E-state index contributed by atoms with van der Waals surface area (Å²) in [6.07, 6.45) is 3.52. The number of hydrogen-bond donors (Lipinski definition) is 1. The summed E-state index contributed by atoms with van der Waals surface area (Å²) in [5.41, 5.74) is 0. The number of benzene rings is 1. The SMILES string of the molecule is COc1ccc(OCC(=O)NCCC2CCN(C)CC2)cc1. The maximum absolute atomic E-state index is 11.8. The molecule has 1 fully saturated rings. The molecule has 0 unspecified atom stereocenters. The van der Waals surface area contributed by atoms with Crippen molar-refractivity contribution in [1.29, 1.82) is 0 Å². The fourth-order valence-electron chi connectivity index (χ4n) is 2.64. The van der Waals surface area contributed by atoms with Crippen molar-refractivity contribution in [2.75, 3.05) is 40.4 Å². The van der Waals surface area contributed by atoms with Gasteiger partial charge in [-0.15, -0.1) is 0 Å². The van der Waals surface area contributed by atoms with Gasteiger partial charge in [0.1, 0.15) is 11.5 Å². The van der Waals surface area contributed by atoms with Crippen LogP contribution in [0.4, 0.5) is 0 Å². The van der Waals surface area contributed by atoms with Crippen LogP contribution in [0.3, 0.4) is 0 Å². The second-order valence-corrected chi connectivity index (χ2v) is 5.85. The summed E-state index contributed by atoms with van der Waals surface area (Å²) in [4.78, 5) is 14.1. The predicted molar refractivity (Wildman–Crippen MR) is 86.3 cm³/mol. The lowest BCUT2D eigenvalue weighted by atomic mass is 9.94. The summed E-state index contributed by atoms with van der Waals surface area (Å²) in [6.45, 7) is 3.12. The molecule has 0 radical (unpaired) electrons. The quantitative estimate of drug-likeness (QED) is 0.836. The molecule has 1 aromatic rings. The Bertz CT molecular complexity index is 453. The highest BCUT2D eigenvalue weighted by Gasteiger charge is 2.16. The van der Waals surface area contributed by atoms with Gasteiger partial charge < -0.3 is 19.7 Å². The maximum atomic E-state index is 11.8. The second kappa shape index (κ2) is 8.63. The molecule has 1 aromatic carbocycles. The van der Waals surface area contributed by atoms with E-state index in [1.165, 1.54) is 25.9 Å². The average Bonchev–Trinajstić information content (AvgIpc) is 2.55. The van der Waals surface area contributed by atoms with Crippen molar-refractivity contribution in [3.8, 4) is 11.5 Å². The van der Waals surface area contributed by atoms with Crippen LogP contribution in [-0.4, -0.2) is 51.2 Å². The highest BCUT2D eigenvalue weighted by atomic mass is 16.5. The lowest BCUT2D eigenvalue weighted by molar-refractivity contribution is -0.123. The van der Waals surface area contributed by atoms with Gasteiger partial charge in [0, 0.05) is 6.54 Å². The third-order valence-electron chi connectivity index (χ3n) is 4.14. The number of likely N-dealkylation sites (tertiary alicyclic amines) is 1. The molecule has 122 valence electrons. The van der Waals surface area contributed by atoms with Crippen LogP contribution in [0, 0.1) is 5.92 Å². The molecule has 22 heavy (non-hydrogen) atoms. The van der Waals surface area contributed by atoms with Gasteiger partial charge in [-0.25, -0.2) is 0 Å². The number of nitrogens with zero attached hydrogens (tertiary/aromatic N) is 1. The number of carbonyl (C=O) groups excluding carboxylic acids is 1. The Labute approximate surface area is 132 Å². The van der Waals surface area contributed by atoms with Gasteiger partial charge in [-0.05, 0) is 69.6 Å². The Hall–Kier alpha value is -1.75. The number of carbonyl (C=O) groups is 1. The fraction of sp³-hybridized carbons (Fsp3) is 0.588. The largest absolute Gasteiger partial charge is 0.497 e. The lowest BCUT2D eigenvalue weighted by Crippen LogP contribution is -2.34. The predicted octanol–water partition coefficient (Wildman–Crippen LogP) is 1.92. The molecule has 1 aliphatic rings. The van der Waals surface area contributed by atoms with Gasteiger partial charge in [0.05, 0.1) is 7.11 Å². The zero-order valence-corrected chi connectivity index (χ0v) is 13.5. The summed E-state index contributed by atoms with van der Waals surface area (Å²) < 4.78 is 10.5. The van der Waals surface area contributed by atoms with Gasteiger partial charge >= 0.3 is 0 Å². The van der Waals surface area contributed by atoms with E-state index in [2.05, 4.69) is 17.3 Å². The van der Waals surface area contributed by atoms with Crippen molar-refractivity contribution >= 4 is 5.91 Å². The van der Waals surface area contributed by atoms with Gasteiger partial charge in [-0.2, -0.15) is 0 Å². The molecule has 1 saturated heterocycles. The van der Waals surface area contributed by atoms with Crippen molar-refractivity contribution in [2.24, 2.45) is 5.92 Å². The second-order valence-electron chi connectivity index (χ2n) is 5.85. The van der Waals surface area contributed by atoms with Gasteiger partial charge in [0.2, 0.25) is 0 Å². The molecule has 5 nitrogen and oxygen atoms in total. The molecule has 2 rings (SSSR count). The number of ether oxygens (including phenoxy) is 2. The van der Waals surface area contributed by atoms with E-state index in [4.69, 9.17) is 9.47 Å². The first-order valence-electron chi connectivity index (χ1n) is 7.89. The first kappa shape index (κ1) is 16.6. The van der Waals surface area contributed by atoms with Crippen LogP contribution in [0.25, 0.3) is 0 Å². The minimum absolute atomic E-state index is 0.0553. The molecular weight excluding hydrogens is 280 g/mol. The minimum atomic E-state index is -0.0660. The van der Waals surface area contributed by atoms with Crippen LogP contribution in [0.5, 0.6) is 11.5 Å². The third kappa shape index (κ3) is 5.56. The van der Waals surface area contributed by atoms with Crippen LogP contribution < -0.4 is 14.8 Å². The van der Waals surface area contributed by atoms with E-state index in [1.807, 2.05) is 12.1 Å². The molecule has 0 aliphatic carbocycles. The number of amides is 1. The molecule has 0 spiro atoms. The fourth-order valence-corrected chi connectivity index (χ4v) is 2.64. The van der Waals surface area contributed by atoms with Gasteiger partial charge in [0.15, 0.2) is 6.61 Å². The molecule has 1 heterocycles. The highest BCUT2D eigenvalue weighted by Crippen LogP contribution is 2.19. The van der Waals surface area contributed by atoms with E-state index in [0.717, 1.165) is 24.6 Å².